The van der Waals surface area contributed by atoms with E-state index in [1.165, 1.54) is 6.08 Å². The van der Waals surface area contributed by atoms with Crippen LogP contribution in [0.25, 0.3) is 10.8 Å². The first-order valence-electron chi connectivity index (χ1n) is 9.45. The maximum absolute atomic E-state index is 13.2. The zero-order valence-electron chi connectivity index (χ0n) is 17.3. The van der Waals surface area contributed by atoms with E-state index in [1.54, 1.807) is 51.1 Å². The third-order valence-corrected chi connectivity index (χ3v) is 5.67. The molecule has 3 amide bonds. The van der Waals surface area contributed by atoms with Crippen molar-refractivity contribution in [1.29, 1.82) is 0 Å². The number of amides is 3. The maximum atomic E-state index is 13.2. The molecule has 0 saturated carbocycles. The molecule has 0 aromatic heterocycles. The van der Waals surface area contributed by atoms with E-state index in [-0.39, 0.29) is 27.0 Å². The van der Waals surface area contributed by atoms with Crippen LogP contribution in [0.15, 0.2) is 82.2 Å². The average molecular weight is 455 g/mol. The summed E-state index contributed by atoms with van der Waals surface area (Å²) in [4.78, 5) is 39.4. The fourth-order valence-electron chi connectivity index (χ4n) is 3.22. The van der Waals surface area contributed by atoms with E-state index < -0.39 is 17.7 Å². The molecular formula is C24H20Cl2N2O3. The Kier molecular flexibility index (Phi) is 6.48. The molecule has 0 atom stereocenters. The van der Waals surface area contributed by atoms with Gasteiger partial charge in [-0.25, -0.2) is 4.90 Å². The highest BCUT2D eigenvalue weighted by Gasteiger charge is 2.34. The molecule has 3 rings (SSSR count). The fourth-order valence-corrected chi connectivity index (χ4v) is 3.52. The van der Waals surface area contributed by atoms with Crippen LogP contribution in [0.3, 0.4) is 0 Å². The van der Waals surface area contributed by atoms with E-state index in [1.807, 2.05) is 12.1 Å². The second-order valence-corrected chi connectivity index (χ2v) is 7.83. The van der Waals surface area contributed by atoms with Crippen molar-refractivity contribution in [3.8, 4) is 0 Å². The second kappa shape index (κ2) is 8.92. The molecule has 0 bridgehead atoms. The van der Waals surface area contributed by atoms with Crippen molar-refractivity contribution in [2.24, 2.45) is 0 Å². The van der Waals surface area contributed by atoms with E-state index in [2.05, 4.69) is 11.9 Å². The summed E-state index contributed by atoms with van der Waals surface area (Å²) in [6.45, 7) is 8.41. The Morgan fingerprint density at radius 3 is 2.06 bits per heavy atom. The van der Waals surface area contributed by atoms with Crippen LogP contribution in [0.1, 0.15) is 41.5 Å². The van der Waals surface area contributed by atoms with E-state index in [4.69, 9.17) is 23.2 Å². The van der Waals surface area contributed by atoms with Crippen molar-refractivity contribution < 1.29 is 14.4 Å². The second-order valence-electron chi connectivity index (χ2n) is 7.02. The Hall–Kier alpha value is -3.15. The molecule has 158 valence electrons. The van der Waals surface area contributed by atoms with E-state index in [0.717, 1.165) is 10.3 Å². The topological polar surface area (TPSA) is 66.5 Å². The molecular weight excluding hydrogens is 435 g/mol. The molecule has 1 heterocycles. The van der Waals surface area contributed by atoms with E-state index in [0.29, 0.717) is 16.5 Å². The SMILES string of the molecule is C=C(C)C(=O)NC(=C/C(Cl)=C(\C)N1C(=O)c2cccc3cccc(c23)C1=O)/C(Cl)=C\C. The number of hydrogen-bond donors (Lipinski definition) is 1. The number of halogens is 2. The van der Waals surface area contributed by atoms with Crippen LogP contribution in [0.4, 0.5) is 0 Å². The van der Waals surface area contributed by atoms with Crippen LogP contribution < -0.4 is 5.32 Å². The number of nitrogens with one attached hydrogen (secondary N) is 1. The molecule has 7 heteroatoms. The van der Waals surface area contributed by atoms with Crippen molar-refractivity contribution in [1.82, 2.24) is 10.2 Å². The van der Waals surface area contributed by atoms with Gasteiger partial charge in [-0.15, -0.1) is 0 Å². The number of imide groups is 1. The van der Waals surface area contributed by atoms with E-state index >= 15 is 0 Å². The Labute approximate surface area is 190 Å². The van der Waals surface area contributed by atoms with Gasteiger partial charge in [0.15, 0.2) is 0 Å². The summed E-state index contributed by atoms with van der Waals surface area (Å²) in [5, 5.41) is 4.38. The Balaban J connectivity index is 2.10. The normalized spacial score (nSPS) is 15.2. The standard InChI is InChI=1S/C24H20Cl2N2O3/c1-5-18(25)20(27-22(29)13(2)3)12-19(26)14(4)28-23(30)16-10-6-8-15-9-7-11-17(21(15)16)24(28)31/h5-12H,2H2,1,3-4H3,(H,27,29)/b18-5+,19-14-,20-12+. The molecule has 5 nitrogen and oxygen atoms in total. The number of hydrogen-bond acceptors (Lipinski definition) is 3. The van der Waals surface area contributed by atoms with Crippen LogP contribution in [-0.2, 0) is 4.79 Å². The summed E-state index contributed by atoms with van der Waals surface area (Å²) in [6, 6.07) is 10.6. The van der Waals surface area contributed by atoms with Crippen LogP contribution in [0, 0.1) is 0 Å². The predicted octanol–water partition coefficient (Wildman–Crippen LogP) is 5.62. The van der Waals surface area contributed by atoms with Crippen molar-refractivity contribution >= 4 is 51.7 Å². The number of benzene rings is 2. The lowest BCUT2D eigenvalue weighted by molar-refractivity contribution is -0.116. The van der Waals surface area contributed by atoms with Gasteiger partial charge in [0, 0.05) is 27.8 Å². The number of nitrogens with zero attached hydrogens (tertiary/aromatic N) is 1. The van der Waals surface area contributed by atoms with Crippen molar-refractivity contribution in [2.45, 2.75) is 20.8 Å². The average Bonchev–Trinajstić information content (AvgIpc) is 2.75. The van der Waals surface area contributed by atoms with Crippen molar-refractivity contribution in [3.05, 3.63) is 93.3 Å². The molecule has 2 aromatic carbocycles. The molecule has 0 radical (unpaired) electrons. The lowest BCUT2D eigenvalue weighted by Gasteiger charge is -2.28. The number of allylic oxidation sites excluding steroid dienone is 5. The smallest absolute Gasteiger partial charge is 0.265 e. The quantitative estimate of drug-likeness (QED) is 0.361. The van der Waals surface area contributed by atoms with Crippen LogP contribution in [0.5, 0.6) is 0 Å². The van der Waals surface area contributed by atoms with E-state index in [9.17, 15) is 14.4 Å². The lowest BCUT2D eigenvalue weighted by atomic mass is 9.94. The fraction of sp³-hybridized carbons (Fsp3) is 0.125. The molecule has 2 aromatic rings. The Morgan fingerprint density at radius 2 is 1.58 bits per heavy atom. The van der Waals surface area contributed by atoms with Crippen LogP contribution in [-0.4, -0.2) is 22.6 Å². The number of carbonyl (C=O) groups excluding carboxylic acids is 3. The minimum Gasteiger partial charge on any atom is -0.321 e. The number of rotatable bonds is 5. The molecule has 0 aliphatic carbocycles. The molecule has 0 saturated heterocycles. The molecule has 0 fully saturated rings. The minimum absolute atomic E-state index is 0.0743. The van der Waals surface area contributed by atoms with Gasteiger partial charge in [-0.1, -0.05) is 60.1 Å². The van der Waals surface area contributed by atoms with Gasteiger partial charge in [-0.3, -0.25) is 14.4 Å². The molecule has 1 N–H and O–H groups in total. The van der Waals surface area contributed by atoms with Gasteiger partial charge in [0.25, 0.3) is 17.7 Å². The van der Waals surface area contributed by atoms with Gasteiger partial charge >= 0.3 is 0 Å². The minimum atomic E-state index is -0.469. The zero-order chi connectivity index (χ0) is 22.9. The first kappa shape index (κ1) is 22.5. The van der Waals surface area contributed by atoms with Crippen molar-refractivity contribution in [2.75, 3.05) is 0 Å². The van der Waals surface area contributed by atoms with Crippen molar-refractivity contribution in [3.63, 3.8) is 0 Å². The maximum Gasteiger partial charge on any atom is 0.265 e. The Morgan fingerprint density at radius 1 is 1.03 bits per heavy atom. The van der Waals surface area contributed by atoms with Crippen LogP contribution >= 0.6 is 23.2 Å². The van der Waals surface area contributed by atoms with Gasteiger partial charge in [0.2, 0.25) is 0 Å². The third kappa shape index (κ3) is 4.20. The van der Waals surface area contributed by atoms with Gasteiger partial charge in [0.05, 0.1) is 15.8 Å². The largest absolute Gasteiger partial charge is 0.321 e. The summed E-state index contributed by atoms with van der Waals surface area (Å²) < 4.78 is 0. The summed E-state index contributed by atoms with van der Waals surface area (Å²) in [7, 11) is 0. The zero-order valence-corrected chi connectivity index (χ0v) is 18.8. The molecule has 1 aliphatic rings. The molecule has 0 spiro atoms. The number of carbonyl (C=O) groups is 3. The summed E-state index contributed by atoms with van der Waals surface area (Å²) >= 11 is 12.7. The molecule has 31 heavy (non-hydrogen) atoms. The first-order chi connectivity index (χ1) is 14.7. The lowest BCUT2D eigenvalue weighted by Crippen LogP contribution is -2.39. The highest BCUT2D eigenvalue weighted by Crippen LogP contribution is 2.33. The van der Waals surface area contributed by atoms with Gasteiger partial charge in [-0.2, -0.15) is 0 Å². The van der Waals surface area contributed by atoms with Gasteiger partial charge in [-0.05, 0) is 44.4 Å². The predicted molar refractivity (Wildman–Crippen MR) is 124 cm³/mol. The Bertz CT molecular complexity index is 1190. The monoisotopic (exact) mass is 454 g/mol. The highest BCUT2D eigenvalue weighted by atomic mass is 35.5. The van der Waals surface area contributed by atoms with Crippen LogP contribution in [0.2, 0.25) is 0 Å². The third-order valence-electron chi connectivity index (χ3n) is 4.87. The highest BCUT2D eigenvalue weighted by molar-refractivity contribution is 6.34. The summed E-state index contributed by atoms with van der Waals surface area (Å²) in [5.41, 5.74) is 1.56. The first-order valence-corrected chi connectivity index (χ1v) is 10.2. The van der Waals surface area contributed by atoms with Gasteiger partial charge in [0.1, 0.15) is 0 Å². The molecule has 1 aliphatic heterocycles. The molecule has 0 unspecified atom stereocenters. The summed E-state index contributed by atoms with van der Waals surface area (Å²) in [6.07, 6.45) is 2.99. The van der Waals surface area contributed by atoms with Gasteiger partial charge < -0.3 is 5.32 Å². The summed E-state index contributed by atoms with van der Waals surface area (Å²) in [5.74, 6) is -1.37.